The molecule has 0 aliphatic rings. The van der Waals surface area contributed by atoms with Gasteiger partial charge >= 0.3 is 0 Å². The third kappa shape index (κ3) is 2.75. The maximum Gasteiger partial charge on any atom is 0.107 e. The number of hydrogen-bond acceptors (Lipinski definition) is 3. The van der Waals surface area contributed by atoms with Crippen LogP contribution in [-0.2, 0) is 4.74 Å². The number of benzene rings is 1. The van der Waals surface area contributed by atoms with Crippen LogP contribution in [0.15, 0.2) is 24.3 Å². The second-order valence-corrected chi connectivity index (χ2v) is 3.21. The molecule has 0 fully saturated rings. The number of methoxy groups -OCH3 is 1. The van der Waals surface area contributed by atoms with Crippen LogP contribution in [0.4, 0.5) is 4.39 Å². The van der Waals surface area contributed by atoms with Crippen LogP contribution in [0.1, 0.15) is 17.2 Å². The van der Waals surface area contributed by atoms with Crippen LogP contribution in [0.3, 0.4) is 0 Å². The smallest absolute Gasteiger partial charge is 0.107 e. The van der Waals surface area contributed by atoms with Crippen molar-refractivity contribution in [1.82, 2.24) is 0 Å². The predicted molar refractivity (Wildman–Crippen MR) is 54.9 cm³/mol. The van der Waals surface area contributed by atoms with Crippen molar-refractivity contribution in [2.75, 3.05) is 13.8 Å². The van der Waals surface area contributed by atoms with Gasteiger partial charge in [-0.3, -0.25) is 0 Å². The van der Waals surface area contributed by atoms with Gasteiger partial charge in [0, 0.05) is 7.11 Å². The fourth-order valence-corrected chi connectivity index (χ4v) is 1.39. The van der Waals surface area contributed by atoms with E-state index in [0.29, 0.717) is 5.56 Å². The van der Waals surface area contributed by atoms with Crippen LogP contribution < -0.4 is 5.73 Å². The second-order valence-electron chi connectivity index (χ2n) is 3.21. The van der Waals surface area contributed by atoms with Crippen molar-refractivity contribution in [1.29, 1.82) is 5.26 Å². The number of nitriles is 1. The van der Waals surface area contributed by atoms with Gasteiger partial charge in [0.2, 0.25) is 0 Å². The molecule has 1 aromatic carbocycles. The zero-order valence-corrected chi connectivity index (χ0v) is 8.48. The van der Waals surface area contributed by atoms with Crippen molar-refractivity contribution in [3.05, 3.63) is 35.4 Å². The summed E-state index contributed by atoms with van der Waals surface area (Å²) in [6.45, 7) is -0.640. The van der Waals surface area contributed by atoms with E-state index >= 15 is 0 Å². The third-order valence-electron chi connectivity index (χ3n) is 2.19. The Hall–Kier alpha value is -1.44. The van der Waals surface area contributed by atoms with E-state index < -0.39 is 18.8 Å². The Morgan fingerprint density at radius 2 is 2.07 bits per heavy atom. The summed E-state index contributed by atoms with van der Waals surface area (Å²) in [6, 6.07) is 8.10. The van der Waals surface area contributed by atoms with E-state index in [9.17, 15) is 4.39 Å². The van der Waals surface area contributed by atoms with E-state index in [1.165, 1.54) is 7.11 Å². The van der Waals surface area contributed by atoms with E-state index in [1.54, 1.807) is 24.3 Å². The lowest BCUT2D eigenvalue weighted by Gasteiger charge is -2.20. The molecule has 0 heterocycles. The second kappa shape index (κ2) is 5.44. The molecular formula is C11H13FN2O. The molecule has 0 aliphatic carbocycles. The Labute approximate surface area is 88.3 Å². The first-order valence-electron chi connectivity index (χ1n) is 4.57. The molecule has 0 aliphatic heterocycles. The molecule has 2 N–H and O–H groups in total. The van der Waals surface area contributed by atoms with E-state index in [1.807, 2.05) is 6.07 Å². The molecule has 2 atom stereocenters. The van der Waals surface area contributed by atoms with Gasteiger partial charge in [-0.05, 0) is 17.7 Å². The summed E-state index contributed by atoms with van der Waals surface area (Å²) >= 11 is 0. The van der Waals surface area contributed by atoms with Gasteiger partial charge in [-0.15, -0.1) is 0 Å². The number of ether oxygens (including phenoxy) is 1. The maximum atomic E-state index is 12.4. The lowest BCUT2D eigenvalue weighted by molar-refractivity contribution is 0.0721. The summed E-state index contributed by atoms with van der Waals surface area (Å²) in [7, 11) is 1.48. The lowest BCUT2D eigenvalue weighted by atomic mass is 10.0. The van der Waals surface area contributed by atoms with Gasteiger partial charge in [0.05, 0.1) is 23.8 Å². The number of rotatable bonds is 4. The first kappa shape index (κ1) is 11.6. The first-order valence-corrected chi connectivity index (χ1v) is 4.57. The van der Waals surface area contributed by atoms with E-state index in [0.717, 1.165) is 5.56 Å². The summed E-state index contributed by atoms with van der Waals surface area (Å²) in [5.74, 6) is 0. The average molecular weight is 208 g/mol. The topological polar surface area (TPSA) is 59.0 Å². The van der Waals surface area contributed by atoms with Crippen molar-refractivity contribution in [3.63, 3.8) is 0 Å². The molecule has 1 rings (SSSR count). The van der Waals surface area contributed by atoms with E-state index in [2.05, 4.69) is 0 Å². The van der Waals surface area contributed by atoms with Crippen LogP contribution in [-0.4, -0.2) is 19.8 Å². The predicted octanol–water partition coefficient (Wildman–Crippen LogP) is 1.54. The Kier molecular flexibility index (Phi) is 4.22. The monoisotopic (exact) mass is 208 g/mol. The number of halogens is 1. The first-order chi connectivity index (χ1) is 7.22. The highest BCUT2D eigenvalue weighted by Gasteiger charge is 2.18. The summed E-state index contributed by atoms with van der Waals surface area (Å²) in [5.41, 5.74) is 6.90. The largest absolute Gasteiger partial charge is 0.375 e. The Morgan fingerprint density at radius 1 is 1.47 bits per heavy atom. The molecule has 4 heteroatoms. The van der Waals surface area contributed by atoms with Crippen molar-refractivity contribution in [2.24, 2.45) is 5.73 Å². The Morgan fingerprint density at radius 3 is 2.47 bits per heavy atom. The zero-order chi connectivity index (χ0) is 11.3. The fourth-order valence-electron chi connectivity index (χ4n) is 1.39. The molecule has 0 bridgehead atoms. The van der Waals surface area contributed by atoms with Gasteiger partial charge in [0.25, 0.3) is 0 Å². The van der Waals surface area contributed by atoms with Crippen LogP contribution in [0.5, 0.6) is 0 Å². The average Bonchev–Trinajstić information content (AvgIpc) is 2.30. The molecule has 0 unspecified atom stereocenters. The van der Waals surface area contributed by atoms with E-state index in [-0.39, 0.29) is 0 Å². The van der Waals surface area contributed by atoms with Crippen molar-refractivity contribution in [2.45, 2.75) is 12.1 Å². The van der Waals surface area contributed by atoms with Gasteiger partial charge in [0.15, 0.2) is 0 Å². The fraction of sp³-hybridized carbons (Fsp3) is 0.364. The zero-order valence-electron chi connectivity index (χ0n) is 8.48. The lowest BCUT2D eigenvalue weighted by Crippen LogP contribution is -2.31. The summed E-state index contributed by atoms with van der Waals surface area (Å²) in [4.78, 5) is 0. The third-order valence-corrected chi connectivity index (χ3v) is 2.19. The normalized spacial score (nSPS) is 14.3. The number of hydrogen-bond donors (Lipinski definition) is 1. The van der Waals surface area contributed by atoms with Crippen molar-refractivity contribution in [3.8, 4) is 6.07 Å². The Bertz CT molecular complexity index is 345. The number of nitrogens with zero attached hydrogens (tertiary/aromatic N) is 1. The molecule has 15 heavy (non-hydrogen) atoms. The molecule has 80 valence electrons. The molecule has 3 nitrogen and oxygen atoms in total. The molecule has 1 aromatic rings. The highest BCUT2D eigenvalue weighted by Crippen LogP contribution is 2.20. The van der Waals surface area contributed by atoms with Crippen LogP contribution in [0, 0.1) is 11.3 Å². The number of alkyl halides is 1. The molecule has 0 radical (unpaired) electrons. The minimum atomic E-state index is -0.678. The highest BCUT2D eigenvalue weighted by atomic mass is 19.1. The number of nitrogens with two attached hydrogens (primary N) is 1. The quantitative estimate of drug-likeness (QED) is 0.816. The van der Waals surface area contributed by atoms with E-state index in [4.69, 9.17) is 15.7 Å². The molecule has 0 spiro atoms. The van der Waals surface area contributed by atoms with Crippen LogP contribution in [0.2, 0.25) is 0 Å². The summed E-state index contributed by atoms with van der Waals surface area (Å²) in [6.07, 6.45) is -0.470. The SMILES string of the molecule is CO[C@H](c1ccc(C#N)cc1)[C@H](N)CF. The van der Waals surface area contributed by atoms with Gasteiger partial charge in [0.1, 0.15) is 6.67 Å². The van der Waals surface area contributed by atoms with Gasteiger partial charge in [-0.1, -0.05) is 12.1 Å². The van der Waals surface area contributed by atoms with Crippen molar-refractivity contribution >= 4 is 0 Å². The maximum absolute atomic E-state index is 12.4. The highest BCUT2D eigenvalue weighted by molar-refractivity contribution is 5.32. The minimum Gasteiger partial charge on any atom is -0.375 e. The minimum absolute atomic E-state index is 0.470. The van der Waals surface area contributed by atoms with Crippen LogP contribution >= 0.6 is 0 Å². The van der Waals surface area contributed by atoms with Gasteiger partial charge in [-0.2, -0.15) is 5.26 Å². The Balaban J connectivity index is 2.89. The van der Waals surface area contributed by atoms with Gasteiger partial charge in [-0.25, -0.2) is 4.39 Å². The standard InChI is InChI=1S/C11H13FN2O/c1-15-11(10(14)6-12)9-4-2-8(7-13)3-5-9/h2-5,10-11H,6,14H2,1H3/t10-,11-/m1/s1. The molecule has 0 saturated carbocycles. The molecular weight excluding hydrogens is 195 g/mol. The van der Waals surface area contributed by atoms with Gasteiger partial charge < -0.3 is 10.5 Å². The van der Waals surface area contributed by atoms with Crippen LogP contribution in [0.25, 0.3) is 0 Å². The summed E-state index contributed by atoms with van der Waals surface area (Å²) < 4.78 is 17.5. The van der Waals surface area contributed by atoms with Crippen molar-refractivity contribution < 1.29 is 9.13 Å². The molecule has 0 amide bonds. The molecule has 0 saturated heterocycles. The summed E-state index contributed by atoms with van der Waals surface area (Å²) in [5, 5.41) is 8.61. The molecule has 0 aromatic heterocycles.